The molecule has 0 radical (unpaired) electrons. The van der Waals surface area contributed by atoms with E-state index in [1.165, 1.54) is 4.57 Å². The molecule has 0 unspecified atom stereocenters. The van der Waals surface area contributed by atoms with E-state index < -0.39 is 35.4 Å². The number of anilines is 1. The van der Waals surface area contributed by atoms with E-state index in [2.05, 4.69) is 5.32 Å². The molecular formula is C21H14F3N3O3S. The fraction of sp³-hybridized carbons (Fsp3) is 0.0952. The zero-order valence-corrected chi connectivity index (χ0v) is 16.5. The number of hydrogen-bond acceptors (Lipinski definition) is 4. The third-order valence-corrected chi connectivity index (χ3v) is 5.46. The highest BCUT2D eigenvalue weighted by molar-refractivity contribution is 7.17. The number of para-hydroxylation sites is 1. The van der Waals surface area contributed by atoms with Crippen LogP contribution < -0.4 is 16.6 Å². The highest BCUT2D eigenvalue weighted by Gasteiger charge is 2.30. The Morgan fingerprint density at radius 3 is 2.29 bits per heavy atom. The van der Waals surface area contributed by atoms with Crippen LogP contribution in [-0.4, -0.2) is 15.0 Å². The summed E-state index contributed by atoms with van der Waals surface area (Å²) in [6.45, 7) is -0.416. The number of fused-ring (bicyclic) bond motifs is 1. The summed E-state index contributed by atoms with van der Waals surface area (Å²) in [5.74, 6) is -0.618. The van der Waals surface area contributed by atoms with Crippen molar-refractivity contribution in [1.82, 2.24) is 9.13 Å². The lowest BCUT2D eigenvalue weighted by Gasteiger charge is -2.13. The van der Waals surface area contributed by atoms with Crippen molar-refractivity contribution in [2.24, 2.45) is 0 Å². The molecule has 6 nitrogen and oxygen atoms in total. The molecule has 2 heterocycles. The molecule has 0 aliphatic carbocycles. The molecule has 0 saturated heterocycles. The van der Waals surface area contributed by atoms with Crippen LogP contribution in [0.2, 0.25) is 0 Å². The molecule has 0 aliphatic rings. The van der Waals surface area contributed by atoms with E-state index in [1.54, 1.807) is 41.8 Å². The van der Waals surface area contributed by atoms with E-state index in [4.69, 9.17) is 0 Å². The van der Waals surface area contributed by atoms with Gasteiger partial charge in [-0.1, -0.05) is 18.2 Å². The highest BCUT2D eigenvalue weighted by Crippen LogP contribution is 2.29. The molecule has 0 atom stereocenters. The van der Waals surface area contributed by atoms with Gasteiger partial charge in [0.05, 0.1) is 16.8 Å². The number of nitrogens with zero attached hydrogens (tertiary/aromatic N) is 2. The number of hydrogen-bond donors (Lipinski definition) is 1. The van der Waals surface area contributed by atoms with Crippen LogP contribution in [0, 0.1) is 0 Å². The SMILES string of the molecule is O=C(Cn1c(=O)n(-c2ccccc2)c(=O)c2sccc21)Nc1ccc(C(F)(F)F)cc1. The van der Waals surface area contributed by atoms with Crippen LogP contribution in [-0.2, 0) is 17.5 Å². The average molecular weight is 445 g/mol. The lowest BCUT2D eigenvalue weighted by Crippen LogP contribution is -2.40. The Hall–Kier alpha value is -3.66. The van der Waals surface area contributed by atoms with Crippen molar-refractivity contribution < 1.29 is 18.0 Å². The molecule has 4 aromatic rings. The predicted molar refractivity (Wildman–Crippen MR) is 112 cm³/mol. The van der Waals surface area contributed by atoms with Crippen LogP contribution in [0.25, 0.3) is 15.9 Å². The third-order valence-electron chi connectivity index (χ3n) is 4.57. The van der Waals surface area contributed by atoms with Crippen LogP contribution in [0.1, 0.15) is 5.56 Å². The molecule has 1 N–H and O–H groups in total. The van der Waals surface area contributed by atoms with Crippen molar-refractivity contribution in [2.75, 3.05) is 5.32 Å². The van der Waals surface area contributed by atoms with Gasteiger partial charge in [0.2, 0.25) is 5.91 Å². The molecular weight excluding hydrogens is 431 g/mol. The number of aromatic nitrogens is 2. The number of benzene rings is 2. The molecule has 158 valence electrons. The summed E-state index contributed by atoms with van der Waals surface area (Å²) >= 11 is 1.15. The lowest BCUT2D eigenvalue weighted by atomic mass is 10.2. The molecule has 0 saturated carbocycles. The molecule has 2 aromatic heterocycles. The summed E-state index contributed by atoms with van der Waals surface area (Å²) in [4.78, 5) is 38.4. The van der Waals surface area contributed by atoms with Crippen LogP contribution in [0.5, 0.6) is 0 Å². The van der Waals surface area contributed by atoms with E-state index in [-0.39, 0.29) is 5.69 Å². The third kappa shape index (κ3) is 4.02. The second-order valence-corrected chi connectivity index (χ2v) is 7.52. The van der Waals surface area contributed by atoms with Gasteiger partial charge in [0.25, 0.3) is 5.56 Å². The molecule has 31 heavy (non-hydrogen) atoms. The van der Waals surface area contributed by atoms with Crippen molar-refractivity contribution in [3.63, 3.8) is 0 Å². The van der Waals surface area contributed by atoms with Gasteiger partial charge >= 0.3 is 11.9 Å². The van der Waals surface area contributed by atoms with Crippen LogP contribution >= 0.6 is 11.3 Å². The standard InChI is InChI=1S/C21H14F3N3O3S/c22-21(23,24)13-6-8-14(9-7-13)25-17(28)12-26-16-10-11-31-18(16)19(29)27(20(26)30)15-4-2-1-3-5-15/h1-11H,12H2,(H,25,28). The van der Waals surface area contributed by atoms with Gasteiger partial charge in [0.1, 0.15) is 11.2 Å². The van der Waals surface area contributed by atoms with Gasteiger partial charge in [-0.05, 0) is 47.8 Å². The molecule has 1 amide bonds. The fourth-order valence-electron chi connectivity index (χ4n) is 3.13. The first kappa shape index (κ1) is 20.6. The van der Waals surface area contributed by atoms with Gasteiger partial charge < -0.3 is 5.32 Å². The van der Waals surface area contributed by atoms with Crippen LogP contribution in [0.3, 0.4) is 0 Å². The molecule has 2 aromatic carbocycles. The second kappa shape index (κ2) is 7.88. The number of alkyl halides is 3. The van der Waals surface area contributed by atoms with Crippen molar-refractivity contribution in [1.29, 1.82) is 0 Å². The second-order valence-electron chi connectivity index (χ2n) is 6.60. The predicted octanol–water partition coefficient (Wildman–Crippen LogP) is 3.87. The van der Waals surface area contributed by atoms with Gasteiger partial charge in [-0.15, -0.1) is 11.3 Å². The maximum Gasteiger partial charge on any atom is 0.416 e. The number of nitrogens with one attached hydrogen (secondary N) is 1. The summed E-state index contributed by atoms with van der Waals surface area (Å²) in [7, 11) is 0. The topological polar surface area (TPSA) is 73.1 Å². The summed E-state index contributed by atoms with van der Waals surface area (Å²) in [5, 5.41) is 4.12. The van der Waals surface area contributed by atoms with E-state index >= 15 is 0 Å². The number of rotatable bonds is 4. The number of carbonyl (C=O) groups is 1. The number of carbonyl (C=O) groups excluding carboxylic acids is 1. The molecule has 0 bridgehead atoms. The Bertz CT molecular complexity index is 1370. The Labute approximate surface area is 176 Å². The van der Waals surface area contributed by atoms with E-state index in [9.17, 15) is 27.6 Å². The molecule has 0 aliphatic heterocycles. The highest BCUT2D eigenvalue weighted by atomic mass is 32.1. The van der Waals surface area contributed by atoms with E-state index in [1.807, 2.05) is 0 Å². The lowest BCUT2D eigenvalue weighted by molar-refractivity contribution is -0.137. The average Bonchev–Trinajstić information content (AvgIpc) is 3.22. The first-order valence-electron chi connectivity index (χ1n) is 9.01. The minimum absolute atomic E-state index is 0.156. The van der Waals surface area contributed by atoms with Crippen molar-refractivity contribution >= 4 is 33.1 Å². The van der Waals surface area contributed by atoms with Gasteiger partial charge in [-0.2, -0.15) is 13.2 Å². The number of thiophene rings is 1. The number of amides is 1. The zero-order chi connectivity index (χ0) is 22.2. The molecule has 4 rings (SSSR count). The van der Waals surface area contributed by atoms with Crippen molar-refractivity contribution in [3.05, 3.63) is 92.4 Å². The van der Waals surface area contributed by atoms with Gasteiger partial charge in [-0.25, -0.2) is 9.36 Å². The van der Waals surface area contributed by atoms with Gasteiger partial charge in [0.15, 0.2) is 0 Å². The zero-order valence-electron chi connectivity index (χ0n) is 15.7. The maximum absolute atomic E-state index is 13.1. The molecule has 0 spiro atoms. The Kier molecular flexibility index (Phi) is 5.24. The number of halogens is 3. The van der Waals surface area contributed by atoms with Crippen LogP contribution in [0.15, 0.2) is 75.6 Å². The van der Waals surface area contributed by atoms with E-state index in [0.717, 1.165) is 40.2 Å². The first-order valence-corrected chi connectivity index (χ1v) is 9.89. The largest absolute Gasteiger partial charge is 0.416 e. The first-order chi connectivity index (χ1) is 14.8. The Morgan fingerprint density at radius 1 is 0.968 bits per heavy atom. The summed E-state index contributed by atoms with van der Waals surface area (Å²) < 4.78 is 40.5. The van der Waals surface area contributed by atoms with Crippen molar-refractivity contribution in [2.45, 2.75) is 12.7 Å². The summed E-state index contributed by atoms with van der Waals surface area (Å²) in [5.41, 5.74) is -1.18. The van der Waals surface area contributed by atoms with Gasteiger partial charge in [-0.3, -0.25) is 14.2 Å². The fourth-order valence-corrected chi connectivity index (χ4v) is 3.96. The molecule has 10 heteroatoms. The quantitative estimate of drug-likeness (QED) is 0.518. The minimum atomic E-state index is -4.48. The molecule has 0 fully saturated rings. The summed E-state index contributed by atoms with van der Waals surface area (Å²) in [6.07, 6.45) is -4.48. The van der Waals surface area contributed by atoms with E-state index in [0.29, 0.717) is 15.9 Å². The van der Waals surface area contributed by atoms with Gasteiger partial charge in [0, 0.05) is 5.69 Å². The minimum Gasteiger partial charge on any atom is -0.325 e. The maximum atomic E-state index is 13.1. The normalized spacial score (nSPS) is 11.6. The Balaban J connectivity index is 1.69. The van der Waals surface area contributed by atoms with Crippen LogP contribution in [0.4, 0.5) is 18.9 Å². The van der Waals surface area contributed by atoms with Crippen molar-refractivity contribution in [3.8, 4) is 5.69 Å². The monoisotopic (exact) mass is 445 g/mol. The summed E-state index contributed by atoms with van der Waals surface area (Å²) in [6, 6.07) is 13.9. The Morgan fingerprint density at radius 2 is 1.65 bits per heavy atom. The smallest absolute Gasteiger partial charge is 0.325 e.